The molecule has 3 nitrogen and oxygen atoms in total. The van der Waals surface area contributed by atoms with E-state index in [4.69, 9.17) is 5.73 Å². The van der Waals surface area contributed by atoms with E-state index in [1.165, 1.54) is 12.1 Å². The topological polar surface area (TPSA) is 32.5 Å². The van der Waals surface area contributed by atoms with Crippen molar-refractivity contribution in [2.45, 2.75) is 24.9 Å². The standard InChI is InChI=1S/C15H23F2N3/c1-19-7-3-4-12(10-19)20(2)15(9-18)13-6-5-11(16)8-14(13)17/h5-6,8,12,15H,3-4,7,9-10,18H2,1-2H3. The Morgan fingerprint density at radius 1 is 1.45 bits per heavy atom. The molecule has 0 aromatic heterocycles. The molecule has 1 fully saturated rings. The average molecular weight is 283 g/mol. The Hall–Kier alpha value is -1.04. The number of halogens is 2. The number of hydrogen-bond acceptors (Lipinski definition) is 3. The Balaban J connectivity index is 2.18. The molecule has 1 aromatic carbocycles. The van der Waals surface area contributed by atoms with E-state index >= 15 is 0 Å². The predicted octanol–water partition coefficient (Wildman–Crippen LogP) is 1.99. The Labute approximate surface area is 119 Å². The van der Waals surface area contributed by atoms with Crippen LogP contribution in [0.4, 0.5) is 8.78 Å². The van der Waals surface area contributed by atoms with E-state index in [9.17, 15) is 8.78 Å². The first-order valence-electron chi connectivity index (χ1n) is 7.08. The second kappa shape index (κ2) is 6.61. The molecule has 1 heterocycles. The molecule has 0 amide bonds. The number of nitrogens with zero attached hydrogens (tertiary/aromatic N) is 2. The van der Waals surface area contributed by atoms with E-state index < -0.39 is 11.6 Å². The zero-order chi connectivity index (χ0) is 14.7. The van der Waals surface area contributed by atoms with Crippen LogP contribution in [0.3, 0.4) is 0 Å². The molecule has 112 valence electrons. The van der Waals surface area contributed by atoms with Crippen molar-refractivity contribution in [2.75, 3.05) is 33.7 Å². The third-order valence-corrected chi connectivity index (χ3v) is 4.21. The summed E-state index contributed by atoms with van der Waals surface area (Å²) in [5.74, 6) is -1.07. The van der Waals surface area contributed by atoms with Crippen LogP contribution in [0, 0.1) is 11.6 Å². The summed E-state index contributed by atoms with van der Waals surface area (Å²) in [5.41, 5.74) is 6.31. The van der Waals surface area contributed by atoms with Gasteiger partial charge in [-0.15, -0.1) is 0 Å². The van der Waals surface area contributed by atoms with Crippen molar-refractivity contribution in [2.24, 2.45) is 5.73 Å². The number of nitrogens with two attached hydrogens (primary N) is 1. The van der Waals surface area contributed by atoms with Gasteiger partial charge in [0.15, 0.2) is 0 Å². The van der Waals surface area contributed by atoms with Gasteiger partial charge in [-0.3, -0.25) is 4.90 Å². The van der Waals surface area contributed by atoms with Crippen LogP contribution >= 0.6 is 0 Å². The minimum Gasteiger partial charge on any atom is -0.329 e. The lowest BCUT2D eigenvalue weighted by Crippen LogP contribution is -2.47. The second-order valence-electron chi connectivity index (χ2n) is 5.64. The fourth-order valence-electron chi connectivity index (χ4n) is 3.01. The molecule has 1 aliphatic heterocycles. The van der Waals surface area contributed by atoms with E-state index in [0.29, 0.717) is 18.2 Å². The van der Waals surface area contributed by atoms with Crippen LogP contribution in [0.2, 0.25) is 0 Å². The Kier molecular flexibility index (Phi) is 5.07. The van der Waals surface area contributed by atoms with Gasteiger partial charge in [0, 0.05) is 36.8 Å². The van der Waals surface area contributed by atoms with Gasteiger partial charge in [-0.05, 0) is 39.5 Å². The van der Waals surface area contributed by atoms with Gasteiger partial charge >= 0.3 is 0 Å². The maximum atomic E-state index is 14.0. The summed E-state index contributed by atoms with van der Waals surface area (Å²) < 4.78 is 27.0. The maximum Gasteiger partial charge on any atom is 0.130 e. The summed E-state index contributed by atoms with van der Waals surface area (Å²) in [6.07, 6.45) is 2.22. The van der Waals surface area contributed by atoms with Gasteiger partial charge in [0.05, 0.1) is 0 Å². The summed E-state index contributed by atoms with van der Waals surface area (Å²) in [7, 11) is 4.07. The summed E-state index contributed by atoms with van der Waals surface area (Å²) in [6.45, 7) is 2.37. The maximum absolute atomic E-state index is 14.0. The molecule has 20 heavy (non-hydrogen) atoms. The van der Waals surface area contributed by atoms with Crippen LogP contribution < -0.4 is 5.73 Å². The number of benzene rings is 1. The molecule has 1 saturated heterocycles. The quantitative estimate of drug-likeness (QED) is 0.917. The molecule has 2 atom stereocenters. The van der Waals surface area contributed by atoms with Crippen molar-refractivity contribution in [3.05, 3.63) is 35.4 Å². The van der Waals surface area contributed by atoms with Gasteiger partial charge in [0.2, 0.25) is 0 Å². The Morgan fingerprint density at radius 2 is 2.20 bits per heavy atom. The zero-order valence-electron chi connectivity index (χ0n) is 12.1. The van der Waals surface area contributed by atoms with Gasteiger partial charge in [-0.2, -0.15) is 0 Å². The second-order valence-corrected chi connectivity index (χ2v) is 5.64. The fourth-order valence-corrected chi connectivity index (χ4v) is 3.01. The van der Waals surface area contributed by atoms with Crippen molar-refractivity contribution in [1.82, 2.24) is 9.80 Å². The summed E-state index contributed by atoms with van der Waals surface area (Å²) in [6, 6.07) is 3.87. The molecule has 2 N–H and O–H groups in total. The fraction of sp³-hybridized carbons (Fsp3) is 0.600. The first kappa shape index (κ1) is 15.4. The minimum atomic E-state index is -0.554. The predicted molar refractivity (Wildman–Crippen MR) is 76.4 cm³/mol. The van der Waals surface area contributed by atoms with Gasteiger partial charge in [-0.25, -0.2) is 8.78 Å². The van der Waals surface area contributed by atoms with Gasteiger partial charge < -0.3 is 10.6 Å². The molecule has 5 heteroatoms. The highest BCUT2D eigenvalue weighted by Crippen LogP contribution is 2.26. The lowest BCUT2D eigenvalue weighted by atomic mass is 9.99. The molecular weight excluding hydrogens is 260 g/mol. The number of piperidine rings is 1. The van der Waals surface area contributed by atoms with Gasteiger partial charge in [0.1, 0.15) is 11.6 Å². The molecule has 0 radical (unpaired) electrons. The number of hydrogen-bond donors (Lipinski definition) is 1. The highest BCUT2D eigenvalue weighted by Gasteiger charge is 2.28. The van der Waals surface area contributed by atoms with E-state index in [1.807, 2.05) is 7.05 Å². The number of likely N-dealkylation sites (N-methyl/N-ethyl adjacent to an activating group) is 2. The Bertz CT molecular complexity index is 453. The van der Waals surface area contributed by atoms with Crippen LogP contribution in [0.1, 0.15) is 24.4 Å². The lowest BCUT2D eigenvalue weighted by molar-refractivity contribution is 0.0995. The van der Waals surface area contributed by atoms with E-state index in [1.54, 1.807) is 0 Å². The number of rotatable bonds is 4. The molecular formula is C15H23F2N3. The molecule has 0 aliphatic carbocycles. The van der Waals surface area contributed by atoms with E-state index in [2.05, 4.69) is 16.8 Å². The van der Waals surface area contributed by atoms with Crippen molar-refractivity contribution in [1.29, 1.82) is 0 Å². The molecule has 2 unspecified atom stereocenters. The van der Waals surface area contributed by atoms with Crippen molar-refractivity contribution in [3.8, 4) is 0 Å². The molecule has 0 bridgehead atoms. The van der Waals surface area contributed by atoms with Crippen molar-refractivity contribution >= 4 is 0 Å². The monoisotopic (exact) mass is 283 g/mol. The lowest BCUT2D eigenvalue weighted by Gasteiger charge is -2.40. The highest BCUT2D eigenvalue weighted by atomic mass is 19.1. The molecule has 2 rings (SSSR count). The highest BCUT2D eigenvalue weighted by molar-refractivity contribution is 5.23. The van der Waals surface area contributed by atoms with Gasteiger partial charge in [0.25, 0.3) is 0 Å². The molecule has 1 aliphatic rings. The summed E-state index contributed by atoms with van der Waals surface area (Å²) in [5, 5.41) is 0. The average Bonchev–Trinajstić information content (AvgIpc) is 2.41. The van der Waals surface area contributed by atoms with Crippen LogP contribution in [0.25, 0.3) is 0 Å². The summed E-state index contributed by atoms with van der Waals surface area (Å²) >= 11 is 0. The molecule has 0 saturated carbocycles. The molecule has 0 spiro atoms. The smallest absolute Gasteiger partial charge is 0.130 e. The largest absolute Gasteiger partial charge is 0.329 e. The van der Waals surface area contributed by atoms with Crippen molar-refractivity contribution < 1.29 is 8.78 Å². The SMILES string of the molecule is CN1CCCC(N(C)C(CN)c2ccc(F)cc2F)C1. The van der Waals surface area contributed by atoms with E-state index in [-0.39, 0.29) is 6.04 Å². The first-order chi connectivity index (χ1) is 9.52. The van der Waals surface area contributed by atoms with Crippen LogP contribution in [-0.2, 0) is 0 Å². The third kappa shape index (κ3) is 3.34. The van der Waals surface area contributed by atoms with E-state index in [0.717, 1.165) is 32.0 Å². The molecule has 1 aromatic rings. The Morgan fingerprint density at radius 3 is 2.80 bits per heavy atom. The van der Waals surface area contributed by atoms with Crippen LogP contribution in [-0.4, -0.2) is 49.6 Å². The summed E-state index contributed by atoms with van der Waals surface area (Å²) in [4.78, 5) is 4.41. The zero-order valence-corrected chi connectivity index (χ0v) is 12.1. The van der Waals surface area contributed by atoms with Crippen molar-refractivity contribution in [3.63, 3.8) is 0 Å². The van der Waals surface area contributed by atoms with Gasteiger partial charge in [-0.1, -0.05) is 6.07 Å². The normalized spacial score (nSPS) is 22.2. The number of likely N-dealkylation sites (tertiary alicyclic amines) is 1. The van der Waals surface area contributed by atoms with Crippen LogP contribution in [0.5, 0.6) is 0 Å². The third-order valence-electron chi connectivity index (χ3n) is 4.21. The minimum absolute atomic E-state index is 0.216. The van der Waals surface area contributed by atoms with Crippen LogP contribution in [0.15, 0.2) is 18.2 Å². The first-order valence-corrected chi connectivity index (χ1v) is 7.08.